The van der Waals surface area contributed by atoms with Crippen LogP contribution >= 0.6 is 0 Å². The Morgan fingerprint density at radius 1 is 1.23 bits per heavy atom. The molecule has 0 spiro atoms. The van der Waals surface area contributed by atoms with Crippen LogP contribution in [0.5, 0.6) is 0 Å². The predicted molar refractivity (Wildman–Crippen MR) is 102 cm³/mol. The Balaban J connectivity index is 1.53. The highest BCUT2D eigenvalue weighted by Crippen LogP contribution is 2.22. The first-order chi connectivity index (χ1) is 12.6. The van der Waals surface area contributed by atoms with Crippen LogP contribution in [-0.4, -0.2) is 46.1 Å². The van der Waals surface area contributed by atoms with Crippen LogP contribution in [0.2, 0.25) is 0 Å². The topological polar surface area (TPSA) is 65.5 Å². The van der Waals surface area contributed by atoms with Gasteiger partial charge in [-0.3, -0.25) is 9.78 Å². The van der Waals surface area contributed by atoms with Crippen molar-refractivity contribution in [2.24, 2.45) is 0 Å². The van der Waals surface area contributed by atoms with Crippen LogP contribution in [-0.2, 0) is 17.8 Å². The molecule has 1 amide bonds. The van der Waals surface area contributed by atoms with Gasteiger partial charge in [0.1, 0.15) is 0 Å². The van der Waals surface area contributed by atoms with Crippen LogP contribution in [0.15, 0.2) is 48.7 Å². The lowest BCUT2D eigenvalue weighted by Crippen LogP contribution is -2.58. The summed E-state index contributed by atoms with van der Waals surface area (Å²) in [5, 5.41) is 14.1. The molecule has 3 rings (SSSR count). The van der Waals surface area contributed by atoms with Crippen molar-refractivity contribution in [1.29, 1.82) is 0 Å². The molecule has 0 radical (unpaired) electrons. The minimum atomic E-state index is -1.31. The summed E-state index contributed by atoms with van der Waals surface area (Å²) >= 11 is 0. The van der Waals surface area contributed by atoms with E-state index in [1.165, 1.54) is 5.56 Å². The Morgan fingerprint density at radius 2 is 2.04 bits per heavy atom. The van der Waals surface area contributed by atoms with Crippen molar-refractivity contribution in [2.75, 3.05) is 19.6 Å². The van der Waals surface area contributed by atoms with Gasteiger partial charge >= 0.3 is 0 Å². The number of aromatic nitrogens is 1. The highest BCUT2D eigenvalue weighted by Gasteiger charge is 2.41. The number of hydrogen-bond acceptors (Lipinski definition) is 4. The number of aryl methyl sites for hydroxylation is 1. The predicted octanol–water partition coefficient (Wildman–Crippen LogP) is 2.08. The van der Waals surface area contributed by atoms with E-state index >= 15 is 0 Å². The molecule has 1 unspecified atom stereocenters. The number of piperidine rings is 1. The number of nitrogens with one attached hydrogen (secondary N) is 1. The number of carbonyl (C=O) groups is 1. The summed E-state index contributed by atoms with van der Waals surface area (Å²) in [5.74, 6) is -0.155. The number of hydrogen-bond donors (Lipinski definition) is 2. The largest absolute Gasteiger partial charge is 0.379 e. The first-order valence-corrected chi connectivity index (χ1v) is 9.25. The van der Waals surface area contributed by atoms with Crippen molar-refractivity contribution in [1.82, 2.24) is 15.2 Å². The molecule has 5 heteroatoms. The maximum atomic E-state index is 12.8. The van der Waals surface area contributed by atoms with Crippen LogP contribution in [0, 0.1) is 6.92 Å². The molecule has 1 aliphatic rings. The van der Waals surface area contributed by atoms with E-state index in [1.807, 2.05) is 37.3 Å². The smallest absolute Gasteiger partial charge is 0.255 e. The molecular formula is C21H27N3O2. The molecule has 138 valence electrons. The lowest BCUT2D eigenvalue weighted by molar-refractivity contribution is -0.156. The normalized spacial score (nSPS) is 20.4. The first-order valence-electron chi connectivity index (χ1n) is 9.25. The van der Waals surface area contributed by atoms with Gasteiger partial charge in [-0.25, -0.2) is 0 Å². The fourth-order valence-electron chi connectivity index (χ4n) is 3.48. The summed E-state index contributed by atoms with van der Waals surface area (Å²) in [6.07, 6.45) is 3.92. The zero-order valence-corrected chi connectivity index (χ0v) is 15.3. The Hall–Kier alpha value is -2.24. The van der Waals surface area contributed by atoms with E-state index in [1.54, 1.807) is 11.1 Å². The Kier molecular flexibility index (Phi) is 6.01. The van der Waals surface area contributed by atoms with Crippen molar-refractivity contribution in [3.8, 4) is 0 Å². The number of pyridine rings is 1. The lowest BCUT2D eigenvalue weighted by atomic mass is 9.91. The standard InChI is InChI=1S/C21H27N3O2/c1-17-14-19(8-11-23-17)15-22-16-21(26)10-5-12-24(20(21)25)13-9-18-6-3-2-4-7-18/h2-4,6-8,11,14,22,26H,5,9-10,12-13,15-16H2,1H3. The number of rotatable bonds is 7. The van der Waals surface area contributed by atoms with Crippen LogP contribution in [0.4, 0.5) is 0 Å². The summed E-state index contributed by atoms with van der Waals surface area (Å²) in [7, 11) is 0. The fraction of sp³-hybridized carbons (Fsp3) is 0.429. The van der Waals surface area contributed by atoms with Gasteiger partial charge in [0.25, 0.3) is 5.91 Å². The quantitative estimate of drug-likeness (QED) is 0.800. The maximum absolute atomic E-state index is 12.8. The highest BCUT2D eigenvalue weighted by atomic mass is 16.3. The fourth-order valence-corrected chi connectivity index (χ4v) is 3.48. The number of nitrogens with zero attached hydrogens (tertiary/aromatic N) is 2. The second-order valence-corrected chi connectivity index (χ2v) is 7.07. The van der Waals surface area contributed by atoms with E-state index in [0.717, 1.165) is 30.6 Å². The van der Waals surface area contributed by atoms with E-state index in [0.29, 0.717) is 19.5 Å². The monoisotopic (exact) mass is 353 g/mol. The highest BCUT2D eigenvalue weighted by molar-refractivity contribution is 5.86. The Bertz CT molecular complexity index is 735. The Morgan fingerprint density at radius 3 is 2.81 bits per heavy atom. The van der Waals surface area contributed by atoms with Gasteiger partial charge in [-0.1, -0.05) is 30.3 Å². The minimum Gasteiger partial charge on any atom is -0.379 e. The first kappa shape index (κ1) is 18.5. The molecule has 5 nitrogen and oxygen atoms in total. The van der Waals surface area contributed by atoms with E-state index in [4.69, 9.17) is 0 Å². The zero-order valence-electron chi connectivity index (χ0n) is 15.3. The summed E-state index contributed by atoms with van der Waals surface area (Å²) in [4.78, 5) is 18.8. The molecule has 0 saturated carbocycles. The van der Waals surface area contributed by atoms with E-state index in [-0.39, 0.29) is 12.5 Å². The van der Waals surface area contributed by atoms with E-state index in [9.17, 15) is 9.90 Å². The molecule has 2 heterocycles. The minimum absolute atomic E-state index is 0.155. The molecule has 1 atom stereocenters. The van der Waals surface area contributed by atoms with Crippen molar-refractivity contribution in [3.05, 3.63) is 65.5 Å². The summed E-state index contributed by atoms with van der Waals surface area (Å²) in [6.45, 7) is 4.20. The number of aliphatic hydroxyl groups is 1. The number of amides is 1. The van der Waals surface area contributed by atoms with E-state index < -0.39 is 5.60 Å². The second-order valence-electron chi connectivity index (χ2n) is 7.07. The molecule has 1 aromatic carbocycles. The zero-order chi connectivity index (χ0) is 18.4. The van der Waals surface area contributed by atoms with Crippen molar-refractivity contribution in [3.63, 3.8) is 0 Å². The third-order valence-corrected chi connectivity index (χ3v) is 4.92. The molecule has 1 aliphatic heterocycles. The third-order valence-electron chi connectivity index (χ3n) is 4.92. The number of carbonyl (C=O) groups excluding carboxylic acids is 1. The van der Waals surface area contributed by atoms with Gasteiger partial charge in [-0.15, -0.1) is 0 Å². The van der Waals surface area contributed by atoms with Crippen molar-refractivity contribution in [2.45, 2.75) is 38.3 Å². The van der Waals surface area contributed by atoms with Gasteiger partial charge in [-0.2, -0.15) is 0 Å². The third kappa shape index (κ3) is 4.68. The lowest BCUT2D eigenvalue weighted by Gasteiger charge is -2.38. The van der Waals surface area contributed by atoms with Gasteiger partial charge in [-0.05, 0) is 49.4 Å². The summed E-state index contributed by atoms with van der Waals surface area (Å²) in [6, 6.07) is 14.1. The molecule has 1 saturated heterocycles. The number of likely N-dealkylation sites (tertiary alicyclic amines) is 1. The summed E-state index contributed by atoms with van der Waals surface area (Å²) < 4.78 is 0. The molecule has 2 aromatic rings. The van der Waals surface area contributed by atoms with Crippen LogP contribution < -0.4 is 5.32 Å². The molecule has 1 aromatic heterocycles. The van der Waals surface area contributed by atoms with Crippen LogP contribution in [0.25, 0.3) is 0 Å². The van der Waals surface area contributed by atoms with Crippen molar-refractivity contribution < 1.29 is 9.90 Å². The molecule has 26 heavy (non-hydrogen) atoms. The van der Waals surface area contributed by atoms with Crippen molar-refractivity contribution >= 4 is 5.91 Å². The van der Waals surface area contributed by atoms with Gasteiger partial charge < -0.3 is 15.3 Å². The summed E-state index contributed by atoms with van der Waals surface area (Å²) in [5.41, 5.74) is 1.96. The van der Waals surface area contributed by atoms with Crippen LogP contribution in [0.1, 0.15) is 29.7 Å². The van der Waals surface area contributed by atoms with Gasteiger partial charge in [0.05, 0.1) is 0 Å². The Labute approximate surface area is 155 Å². The number of benzene rings is 1. The van der Waals surface area contributed by atoms with Gasteiger partial charge in [0.15, 0.2) is 5.60 Å². The molecule has 2 N–H and O–H groups in total. The average molecular weight is 353 g/mol. The molecule has 1 fully saturated rings. The second kappa shape index (κ2) is 8.43. The van der Waals surface area contributed by atoms with Crippen LogP contribution in [0.3, 0.4) is 0 Å². The van der Waals surface area contributed by atoms with Gasteiger partial charge in [0.2, 0.25) is 0 Å². The molecule has 0 aliphatic carbocycles. The molecule has 0 bridgehead atoms. The van der Waals surface area contributed by atoms with E-state index in [2.05, 4.69) is 22.4 Å². The van der Waals surface area contributed by atoms with Gasteiger partial charge in [0, 0.05) is 38.1 Å². The maximum Gasteiger partial charge on any atom is 0.255 e. The SMILES string of the molecule is Cc1cc(CNCC2(O)CCCN(CCc3ccccc3)C2=O)ccn1. The molecular weight excluding hydrogens is 326 g/mol. The average Bonchev–Trinajstić information content (AvgIpc) is 2.64.